The van der Waals surface area contributed by atoms with Crippen LogP contribution in [-0.4, -0.2) is 69.4 Å². The number of aromatic nitrogens is 4. The number of nitrogens with zero attached hydrogens (tertiary/aromatic N) is 5. The van der Waals surface area contributed by atoms with Crippen molar-refractivity contribution in [2.75, 3.05) is 26.2 Å². The van der Waals surface area contributed by atoms with E-state index in [0.717, 1.165) is 32.2 Å². The van der Waals surface area contributed by atoms with Gasteiger partial charge < -0.3 is 10.1 Å². The van der Waals surface area contributed by atoms with Crippen LogP contribution >= 0.6 is 0 Å². The molecule has 1 aliphatic carbocycles. The first-order chi connectivity index (χ1) is 11.8. The van der Waals surface area contributed by atoms with Gasteiger partial charge in [-0.05, 0) is 29.7 Å². The highest BCUT2D eigenvalue weighted by Crippen LogP contribution is 2.24. The van der Waals surface area contributed by atoms with Crippen LogP contribution in [-0.2, 0) is 16.1 Å². The Hall–Kier alpha value is -1.54. The second-order valence-electron chi connectivity index (χ2n) is 6.78. The summed E-state index contributed by atoms with van der Waals surface area (Å²) in [4.78, 5) is 14.4. The summed E-state index contributed by atoms with van der Waals surface area (Å²) in [6.07, 6.45) is 10.7. The van der Waals surface area contributed by atoms with Crippen LogP contribution in [0.4, 0.5) is 0 Å². The van der Waals surface area contributed by atoms with Crippen molar-refractivity contribution in [2.24, 2.45) is 0 Å². The van der Waals surface area contributed by atoms with Gasteiger partial charge in [-0.1, -0.05) is 25.7 Å². The van der Waals surface area contributed by atoms with Crippen LogP contribution < -0.4 is 5.32 Å². The molecule has 134 valence electrons. The number of rotatable bonds is 6. The molecule has 8 nitrogen and oxygen atoms in total. The zero-order valence-electron chi connectivity index (χ0n) is 14.3. The summed E-state index contributed by atoms with van der Waals surface area (Å²) in [5, 5.41) is 13.6. The van der Waals surface area contributed by atoms with E-state index in [1.165, 1.54) is 49.5 Å². The third kappa shape index (κ3) is 5.24. The highest BCUT2D eigenvalue weighted by molar-refractivity contribution is 5.75. The van der Waals surface area contributed by atoms with E-state index < -0.39 is 0 Å². The van der Waals surface area contributed by atoms with Gasteiger partial charge in [0.25, 0.3) is 0 Å². The predicted molar refractivity (Wildman–Crippen MR) is 88.2 cm³/mol. The molecule has 0 spiro atoms. The predicted octanol–water partition coefficient (Wildman–Crippen LogP) is 0.603. The first-order valence-electron chi connectivity index (χ1n) is 9.14. The van der Waals surface area contributed by atoms with Crippen molar-refractivity contribution in [1.82, 2.24) is 30.4 Å². The topological polar surface area (TPSA) is 85.2 Å². The minimum atomic E-state index is -0.0706. The van der Waals surface area contributed by atoms with Crippen LogP contribution in [0.1, 0.15) is 44.9 Å². The van der Waals surface area contributed by atoms with E-state index in [1.54, 1.807) is 0 Å². The molecular weight excluding hydrogens is 308 g/mol. The molecule has 2 heterocycles. The SMILES string of the molecule is O=C(Cn1cnnn1)NCCC1CN(C2CCCCCC2)CCO1. The van der Waals surface area contributed by atoms with Gasteiger partial charge in [-0.25, -0.2) is 4.68 Å². The molecule has 2 fully saturated rings. The van der Waals surface area contributed by atoms with Crippen molar-refractivity contribution in [3.05, 3.63) is 6.33 Å². The second kappa shape index (κ2) is 9.08. The van der Waals surface area contributed by atoms with E-state index in [-0.39, 0.29) is 18.6 Å². The fourth-order valence-corrected chi connectivity index (χ4v) is 3.70. The van der Waals surface area contributed by atoms with Crippen molar-refractivity contribution >= 4 is 5.91 Å². The molecule has 1 N–H and O–H groups in total. The molecule has 24 heavy (non-hydrogen) atoms. The van der Waals surface area contributed by atoms with Gasteiger partial charge in [0.2, 0.25) is 5.91 Å². The minimum Gasteiger partial charge on any atom is -0.375 e. The van der Waals surface area contributed by atoms with E-state index in [4.69, 9.17) is 4.74 Å². The third-order valence-corrected chi connectivity index (χ3v) is 5.00. The molecule has 2 aliphatic rings. The Balaban J connectivity index is 1.36. The largest absolute Gasteiger partial charge is 0.375 e. The maximum atomic E-state index is 11.8. The Labute approximate surface area is 142 Å². The molecule has 0 bridgehead atoms. The summed E-state index contributed by atoms with van der Waals surface area (Å²) in [5.74, 6) is -0.0706. The van der Waals surface area contributed by atoms with Crippen molar-refractivity contribution in [2.45, 2.75) is 63.6 Å². The molecule has 0 radical (unpaired) electrons. The molecule has 8 heteroatoms. The second-order valence-corrected chi connectivity index (χ2v) is 6.78. The van der Waals surface area contributed by atoms with E-state index in [0.29, 0.717) is 6.54 Å². The van der Waals surface area contributed by atoms with Gasteiger partial charge in [0, 0.05) is 25.7 Å². The van der Waals surface area contributed by atoms with E-state index >= 15 is 0 Å². The van der Waals surface area contributed by atoms with Gasteiger partial charge >= 0.3 is 0 Å². The lowest BCUT2D eigenvalue weighted by molar-refractivity contribution is -0.122. The molecule has 1 saturated carbocycles. The first kappa shape index (κ1) is 17.3. The van der Waals surface area contributed by atoms with Crippen LogP contribution in [0.5, 0.6) is 0 Å². The third-order valence-electron chi connectivity index (χ3n) is 5.00. The number of hydrogen-bond acceptors (Lipinski definition) is 6. The maximum absolute atomic E-state index is 11.8. The Morgan fingerprint density at radius 1 is 1.25 bits per heavy atom. The van der Waals surface area contributed by atoms with Gasteiger partial charge in [-0.2, -0.15) is 0 Å². The molecule has 0 aromatic carbocycles. The molecule has 3 rings (SSSR count). The van der Waals surface area contributed by atoms with Gasteiger partial charge in [-0.15, -0.1) is 5.10 Å². The summed E-state index contributed by atoms with van der Waals surface area (Å²) in [7, 11) is 0. The monoisotopic (exact) mass is 336 g/mol. The maximum Gasteiger partial charge on any atom is 0.241 e. The lowest BCUT2D eigenvalue weighted by Gasteiger charge is -2.38. The molecule has 1 unspecified atom stereocenters. The fourth-order valence-electron chi connectivity index (χ4n) is 3.70. The van der Waals surface area contributed by atoms with Crippen LogP contribution in [0.15, 0.2) is 6.33 Å². The van der Waals surface area contributed by atoms with Gasteiger partial charge in [-0.3, -0.25) is 9.69 Å². The highest BCUT2D eigenvalue weighted by atomic mass is 16.5. The van der Waals surface area contributed by atoms with Crippen LogP contribution in [0.3, 0.4) is 0 Å². The molecule has 1 amide bonds. The Bertz CT molecular complexity index is 487. The van der Waals surface area contributed by atoms with Crippen molar-refractivity contribution in [3.63, 3.8) is 0 Å². The number of morpholine rings is 1. The number of hydrogen-bond donors (Lipinski definition) is 1. The number of tetrazole rings is 1. The lowest BCUT2D eigenvalue weighted by Crippen LogP contribution is -2.48. The van der Waals surface area contributed by atoms with Gasteiger partial charge in [0.15, 0.2) is 0 Å². The number of nitrogens with one attached hydrogen (secondary N) is 1. The highest BCUT2D eigenvalue weighted by Gasteiger charge is 2.26. The van der Waals surface area contributed by atoms with E-state index in [2.05, 4.69) is 25.7 Å². The summed E-state index contributed by atoms with van der Waals surface area (Å²) in [6, 6.07) is 0.730. The first-order valence-corrected chi connectivity index (χ1v) is 9.14. The fraction of sp³-hybridized carbons (Fsp3) is 0.875. The Morgan fingerprint density at radius 3 is 2.83 bits per heavy atom. The van der Waals surface area contributed by atoms with Gasteiger partial charge in [0.1, 0.15) is 12.9 Å². The van der Waals surface area contributed by atoms with Crippen molar-refractivity contribution < 1.29 is 9.53 Å². The number of ether oxygens (including phenoxy) is 1. The van der Waals surface area contributed by atoms with Crippen LogP contribution in [0.25, 0.3) is 0 Å². The number of amides is 1. The summed E-state index contributed by atoms with van der Waals surface area (Å²) in [5.41, 5.74) is 0. The minimum absolute atomic E-state index is 0.0706. The quantitative estimate of drug-likeness (QED) is 0.766. The Kier molecular flexibility index (Phi) is 6.54. The normalized spacial score (nSPS) is 23.8. The van der Waals surface area contributed by atoms with Crippen LogP contribution in [0, 0.1) is 0 Å². The van der Waals surface area contributed by atoms with Crippen LogP contribution in [0.2, 0.25) is 0 Å². The molecule has 1 atom stereocenters. The van der Waals surface area contributed by atoms with Crippen molar-refractivity contribution in [3.8, 4) is 0 Å². The number of carbonyl (C=O) groups excluding carboxylic acids is 1. The average Bonchev–Trinajstić information content (AvgIpc) is 2.94. The molecule has 1 aromatic rings. The molecule has 1 aliphatic heterocycles. The summed E-state index contributed by atoms with van der Waals surface area (Å²) in [6.45, 7) is 3.64. The smallest absolute Gasteiger partial charge is 0.241 e. The molecule has 1 aromatic heterocycles. The summed E-state index contributed by atoms with van der Waals surface area (Å²) >= 11 is 0. The Morgan fingerprint density at radius 2 is 2.08 bits per heavy atom. The molecular formula is C16H28N6O2. The standard InChI is InChI=1S/C16H28N6O2/c23-16(12-22-13-18-19-20-22)17-8-7-15-11-21(9-10-24-15)14-5-3-1-2-4-6-14/h13-15H,1-12H2,(H,17,23). The summed E-state index contributed by atoms with van der Waals surface area (Å²) < 4.78 is 7.30. The van der Waals surface area contributed by atoms with Gasteiger partial charge in [0.05, 0.1) is 12.7 Å². The number of carbonyl (C=O) groups is 1. The van der Waals surface area contributed by atoms with Crippen molar-refractivity contribution in [1.29, 1.82) is 0 Å². The lowest BCUT2D eigenvalue weighted by atomic mass is 10.1. The van der Waals surface area contributed by atoms with E-state index in [9.17, 15) is 4.79 Å². The average molecular weight is 336 g/mol. The zero-order valence-corrected chi connectivity index (χ0v) is 14.3. The molecule has 1 saturated heterocycles. The van der Waals surface area contributed by atoms with E-state index in [1.807, 2.05) is 0 Å². The zero-order chi connectivity index (χ0) is 16.6.